The molecule has 7 nitrogen and oxygen atoms in total. The van der Waals surface area contributed by atoms with Crippen LogP contribution in [0.5, 0.6) is 5.75 Å². The number of methoxy groups -OCH3 is 1. The summed E-state index contributed by atoms with van der Waals surface area (Å²) in [6.45, 7) is 1.61. The van der Waals surface area contributed by atoms with E-state index in [0.29, 0.717) is 71.9 Å². The number of halogens is 4. The molecule has 2 aromatic carbocycles. The lowest BCUT2D eigenvalue weighted by atomic mass is 9.73. The van der Waals surface area contributed by atoms with Crippen LogP contribution in [0, 0.1) is 5.41 Å². The topological polar surface area (TPSA) is 94.9 Å². The maximum atomic E-state index is 13.3. The number of benzene rings is 2. The van der Waals surface area contributed by atoms with Gasteiger partial charge in [-0.1, -0.05) is 23.7 Å². The highest BCUT2D eigenvalue weighted by Crippen LogP contribution is 2.41. The number of alkyl halides is 3. The van der Waals surface area contributed by atoms with Crippen molar-refractivity contribution in [3.05, 3.63) is 64.8 Å². The standard InChI is InChI=1S/C28H31ClF3N3O4S/c1-39-18-6-7-22-19(16-18)25(21(29)17-33-22)23(36)8-9-27(26(37)34-38)10-12-35(13-11-27)14-15-40-24-5-3-2-4-20(24)28(30,31)32/h2-7,16-17,23,36,38H,8-15H2,1H3,(H,34,37). The normalized spacial score (nSPS) is 16.6. The van der Waals surface area contributed by atoms with E-state index in [4.69, 9.17) is 16.3 Å². The van der Waals surface area contributed by atoms with Crippen LogP contribution in [0.3, 0.4) is 0 Å². The second-order valence-corrected chi connectivity index (χ2v) is 11.4. The third-order valence-electron chi connectivity index (χ3n) is 7.55. The number of aromatic nitrogens is 1. The fourth-order valence-electron chi connectivity index (χ4n) is 5.22. The highest BCUT2D eigenvalue weighted by Gasteiger charge is 2.41. The fourth-order valence-corrected chi connectivity index (χ4v) is 6.58. The van der Waals surface area contributed by atoms with Gasteiger partial charge in [0.05, 0.1) is 34.7 Å². The summed E-state index contributed by atoms with van der Waals surface area (Å²) in [7, 11) is 1.54. The molecule has 0 spiro atoms. The van der Waals surface area contributed by atoms with Crippen molar-refractivity contribution in [1.82, 2.24) is 15.4 Å². The van der Waals surface area contributed by atoms with Crippen molar-refractivity contribution in [3.8, 4) is 5.75 Å². The van der Waals surface area contributed by atoms with Gasteiger partial charge >= 0.3 is 6.18 Å². The summed E-state index contributed by atoms with van der Waals surface area (Å²) in [5, 5.41) is 21.6. The summed E-state index contributed by atoms with van der Waals surface area (Å²) in [5.74, 6) is 0.538. The number of nitrogens with zero attached hydrogens (tertiary/aromatic N) is 2. The van der Waals surface area contributed by atoms with Gasteiger partial charge in [-0.15, -0.1) is 11.8 Å². The van der Waals surface area contributed by atoms with Crippen LogP contribution in [0.2, 0.25) is 5.02 Å². The third-order valence-corrected chi connectivity index (χ3v) is 8.91. The number of carbonyl (C=O) groups excluding carboxylic acids is 1. The van der Waals surface area contributed by atoms with E-state index in [0.717, 1.165) is 17.8 Å². The van der Waals surface area contributed by atoms with Gasteiger partial charge < -0.3 is 14.7 Å². The number of thioether (sulfide) groups is 1. The number of likely N-dealkylation sites (tertiary alicyclic amines) is 1. The molecule has 1 unspecified atom stereocenters. The minimum absolute atomic E-state index is 0.190. The number of hydrogen-bond donors (Lipinski definition) is 3. The molecule has 0 radical (unpaired) electrons. The molecule has 3 aromatic rings. The Morgan fingerprint density at radius 3 is 2.65 bits per heavy atom. The van der Waals surface area contributed by atoms with Crippen molar-refractivity contribution in [1.29, 1.82) is 0 Å². The van der Waals surface area contributed by atoms with Gasteiger partial charge in [0.2, 0.25) is 5.91 Å². The van der Waals surface area contributed by atoms with Gasteiger partial charge in [-0.25, -0.2) is 5.48 Å². The van der Waals surface area contributed by atoms with E-state index >= 15 is 0 Å². The number of pyridine rings is 1. The second kappa shape index (κ2) is 12.9. The molecule has 4 rings (SSSR count). The third kappa shape index (κ3) is 6.83. The van der Waals surface area contributed by atoms with Crippen molar-refractivity contribution in [2.45, 2.75) is 42.9 Å². The van der Waals surface area contributed by atoms with Gasteiger partial charge in [0.15, 0.2) is 0 Å². The van der Waals surface area contributed by atoms with Crippen LogP contribution in [0.25, 0.3) is 10.9 Å². The number of aliphatic hydroxyl groups excluding tert-OH is 1. The molecule has 1 aliphatic heterocycles. The van der Waals surface area contributed by atoms with Gasteiger partial charge in [0.25, 0.3) is 0 Å². The first-order valence-corrected chi connectivity index (χ1v) is 14.2. The highest BCUT2D eigenvalue weighted by atomic mass is 35.5. The molecule has 1 saturated heterocycles. The monoisotopic (exact) mass is 597 g/mol. The number of piperidine rings is 1. The lowest BCUT2D eigenvalue weighted by Gasteiger charge is -2.40. The van der Waals surface area contributed by atoms with E-state index in [9.17, 15) is 28.3 Å². The van der Waals surface area contributed by atoms with Crippen LogP contribution in [0.4, 0.5) is 13.2 Å². The van der Waals surface area contributed by atoms with E-state index in [-0.39, 0.29) is 11.3 Å². The largest absolute Gasteiger partial charge is 0.497 e. The van der Waals surface area contributed by atoms with Gasteiger partial charge in [-0.05, 0) is 69.1 Å². The predicted octanol–water partition coefficient (Wildman–Crippen LogP) is 6.11. The first-order valence-electron chi connectivity index (χ1n) is 12.8. The molecular formula is C28H31ClF3N3O4S. The highest BCUT2D eigenvalue weighted by molar-refractivity contribution is 7.99. The molecule has 40 heavy (non-hydrogen) atoms. The number of rotatable bonds is 10. The number of fused-ring (bicyclic) bond motifs is 1. The maximum Gasteiger partial charge on any atom is 0.417 e. The van der Waals surface area contributed by atoms with Crippen LogP contribution in [0.1, 0.15) is 42.9 Å². The maximum absolute atomic E-state index is 13.3. The summed E-state index contributed by atoms with van der Waals surface area (Å²) in [5.41, 5.74) is 1.39. The number of hydroxylamine groups is 1. The Bertz CT molecular complexity index is 1340. The quantitative estimate of drug-likeness (QED) is 0.147. The minimum Gasteiger partial charge on any atom is -0.497 e. The van der Waals surface area contributed by atoms with Gasteiger partial charge in [0.1, 0.15) is 5.75 Å². The first kappa shape index (κ1) is 30.4. The molecule has 0 bridgehead atoms. The number of ether oxygens (including phenoxy) is 1. The van der Waals surface area contributed by atoms with Crippen LogP contribution in [0.15, 0.2) is 53.6 Å². The summed E-state index contributed by atoms with van der Waals surface area (Å²) < 4.78 is 45.1. The van der Waals surface area contributed by atoms with Crippen molar-refractivity contribution >= 4 is 40.2 Å². The molecule has 12 heteroatoms. The Kier molecular flexibility index (Phi) is 9.84. The number of nitrogens with one attached hydrogen (secondary N) is 1. The Hall–Kier alpha value is -2.57. The zero-order chi connectivity index (χ0) is 28.9. The van der Waals surface area contributed by atoms with Crippen molar-refractivity contribution < 1.29 is 33.0 Å². The van der Waals surface area contributed by atoms with Crippen molar-refractivity contribution in [2.75, 3.05) is 32.5 Å². The summed E-state index contributed by atoms with van der Waals surface area (Å²) in [6.07, 6.45) is -2.55. The van der Waals surface area contributed by atoms with Gasteiger partial charge in [0, 0.05) is 34.3 Å². The molecule has 0 saturated carbocycles. The Morgan fingerprint density at radius 2 is 1.98 bits per heavy atom. The molecule has 1 atom stereocenters. The predicted molar refractivity (Wildman–Crippen MR) is 148 cm³/mol. The summed E-state index contributed by atoms with van der Waals surface area (Å²) in [6, 6.07) is 10.8. The lowest BCUT2D eigenvalue weighted by molar-refractivity contribution is -0.143. The van der Waals surface area contributed by atoms with Crippen LogP contribution in [-0.2, 0) is 11.0 Å². The number of aliphatic hydroxyl groups is 1. The SMILES string of the molecule is COc1ccc2ncc(Cl)c(C(O)CCC3(C(=O)NO)CCN(CCSc4ccccc4C(F)(F)F)CC3)c2c1. The van der Waals surface area contributed by atoms with Gasteiger partial charge in [-0.3, -0.25) is 15.0 Å². The lowest BCUT2D eigenvalue weighted by Crippen LogP contribution is -2.48. The molecule has 1 aromatic heterocycles. The molecular weight excluding hydrogens is 567 g/mol. The number of amides is 1. The van der Waals surface area contributed by atoms with E-state index in [1.165, 1.54) is 18.3 Å². The molecule has 2 heterocycles. The molecule has 1 fully saturated rings. The molecule has 216 valence electrons. The van der Waals surface area contributed by atoms with Crippen molar-refractivity contribution in [3.63, 3.8) is 0 Å². The number of carbonyl (C=O) groups is 1. The van der Waals surface area contributed by atoms with E-state index in [1.54, 1.807) is 36.9 Å². The zero-order valence-corrected chi connectivity index (χ0v) is 23.5. The fraction of sp³-hybridized carbons (Fsp3) is 0.429. The zero-order valence-electron chi connectivity index (χ0n) is 21.9. The second-order valence-electron chi connectivity index (χ2n) is 9.86. The average molecular weight is 598 g/mol. The Morgan fingerprint density at radius 1 is 1.25 bits per heavy atom. The summed E-state index contributed by atoms with van der Waals surface area (Å²) in [4.78, 5) is 19.4. The van der Waals surface area contributed by atoms with Gasteiger partial charge in [-0.2, -0.15) is 13.2 Å². The van der Waals surface area contributed by atoms with Crippen LogP contribution >= 0.6 is 23.4 Å². The van der Waals surface area contributed by atoms with Crippen molar-refractivity contribution in [2.24, 2.45) is 5.41 Å². The molecule has 0 aliphatic carbocycles. The Balaban J connectivity index is 1.39. The van der Waals surface area contributed by atoms with Crippen LogP contribution in [-0.4, -0.2) is 58.6 Å². The smallest absolute Gasteiger partial charge is 0.417 e. The van der Waals surface area contributed by atoms with Crippen LogP contribution < -0.4 is 10.2 Å². The Labute approximate surface area is 239 Å². The molecule has 1 aliphatic rings. The first-order chi connectivity index (χ1) is 19.1. The number of hydrogen-bond acceptors (Lipinski definition) is 7. The molecule has 1 amide bonds. The summed E-state index contributed by atoms with van der Waals surface area (Å²) >= 11 is 7.59. The van der Waals surface area contributed by atoms with E-state index < -0.39 is 29.2 Å². The molecule has 3 N–H and O–H groups in total. The van der Waals surface area contributed by atoms with E-state index in [1.807, 2.05) is 0 Å². The van der Waals surface area contributed by atoms with E-state index in [2.05, 4.69) is 9.88 Å². The average Bonchev–Trinajstić information content (AvgIpc) is 2.95. The minimum atomic E-state index is -4.41.